The van der Waals surface area contributed by atoms with Gasteiger partial charge in [-0.2, -0.15) is 0 Å². The van der Waals surface area contributed by atoms with Gasteiger partial charge in [0.2, 0.25) is 5.91 Å². The highest BCUT2D eigenvalue weighted by molar-refractivity contribution is 5.79. The van der Waals surface area contributed by atoms with Crippen LogP contribution in [0.4, 0.5) is 0 Å². The van der Waals surface area contributed by atoms with Crippen molar-refractivity contribution in [2.45, 2.75) is 45.8 Å². The summed E-state index contributed by atoms with van der Waals surface area (Å²) in [6, 6.07) is 7.40. The Bertz CT molecular complexity index is 603. The summed E-state index contributed by atoms with van der Waals surface area (Å²) in [6.45, 7) is 7.44. The fourth-order valence-electron chi connectivity index (χ4n) is 3.08. The lowest BCUT2D eigenvalue weighted by molar-refractivity contribution is -0.146. The molecule has 0 bridgehead atoms. The SMILES string of the molecule is CCOc1ccccc1CN1C[C@H](NC(=O)C(C)C)C[C@H]1C(=O)OC. The Hall–Kier alpha value is -2.08. The Balaban J connectivity index is 2.13. The van der Waals surface area contributed by atoms with Crippen molar-refractivity contribution in [3.63, 3.8) is 0 Å². The first kappa shape index (κ1) is 19.2. The summed E-state index contributed by atoms with van der Waals surface area (Å²) in [7, 11) is 1.40. The monoisotopic (exact) mass is 348 g/mol. The largest absolute Gasteiger partial charge is 0.494 e. The zero-order valence-corrected chi connectivity index (χ0v) is 15.5. The second kappa shape index (κ2) is 8.85. The van der Waals surface area contributed by atoms with E-state index >= 15 is 0 Å². The molecule has 0 radical (unpaired) electrons. The van der Waals surface area contributed by atoms with E-state index in [9.17, 15) is 9.59 Å². The molecule has 0 aromatic heterocycles. The molecule has 138 valence electrons. The topological polar surface area (TPSA) is 67.9 Å². The van der Waals surface area contributed by atoms with E-state index in [2.05, 4.69) is 10.2 Å². The molecule has 1 aliphatic heterocycles. The first-order valence-corrected chi connectivity index (χ1v) is 8.79. The highest BCUT2D eigenvalue weighted by Gasteiger charge is 2.38. The van der Waals surface area contributed by atoms with Gasteiger partial charge in [0, 0.05) is 30.6 Å². The summed E-state index contributed by atoms with van der Waals surface area (Å²) in [5, 5.41) is 3.02. The van der Waals surface area contributed by atoms with Crippen LogP contribution in [0.15, 0.2) is 24.3 Å². The van der Waals surface area contributed by atoms with Gasteiger partial charge in [0.15, 0.2) is 0 Å². The van der Waals surface area contributed by atoms with Crippen molar-refractivity contribution in [2.75, 3.05) is 20.3 Å². The van der Waals surface area contributed by atoms with Crippen molar-refractivity contribution in [1.82, 2.24) is 10.2 Å². The fourth-order valence-corrected chi connectivity index (χ4v) is 3.08. The zero-order chi connectivity index (χ0) is 18.4. The van der Waals surface area contributed by atoms with Crippen LogP contribution < -0.4 is 10.1 Å². The van der Waals surface area contributed by atoms with E-state index < -0.39 is 0 Å². The summed E-state index contributed by atoms with van der Waals surface area (Å²) in [5.41, 5.74) is 1.02. The molecule has 6 heteroatoms. The molecule has 6 nitrogen and oxygen atoms in total. The predicted octanol–water partition coefficient (Wildman–Crippen LogP) is 1.97. The molecular weight excluding hydrogens is 320 g/mol. The van der Waals surface area contributed by atoms with Gasteiger partial charge in [0.25, 0.3) is 0 Å². The van der Waals surface area contributed by atoms with Crippen molar-refractivity contribution in [1.29, 1.82) is 0 Å². The van der Waals surface area contributed by atoms with Crippen LogP contribution in [0, 0.1) is 5.92 Å². The minimum atomic E-state index is -0.364. The second-order valence-corrected chi connectivity index (χ2v) is 6.61. The molecule has 25 heavy (non-hydrogen) atoms. The number of methoxy groups -OCH3 is 1. The van der Waals surface area contributed by atoms with Crippen LogP contribution in [0.1, 0.15) is 32.8 Å². The first-order valence-electron chi connectivity index (χ1n) is 8.79. The maximum absolute atomic E-state index is 12.2. The van der Waals surface area contributed by atoms with Crippen molar-refractivity contribution >= 4 is 11.9 Å². The van der Waals surface area contributed by atoms with E-state index in [1.165, 1.54) is 7.11 Å². The third-order valence-electron chi connectivity index (χ3n) is 4.39. The van der Waals surface area contributed by atoms with E-state index in [1.807, 2.05) is 45.0 Å². The van der Waals surface area contributed by atoms with Gasteiger partial charge >= 0.3 is 5.97 Å². The minimum Gasteiger partial charge on any atom is -0.494 e. The van der Waals surface area contributed by atoms with Crippen LogP contribution in [0.3, 0.4) is 0 Å². The molecule has 1 saturated heterocycles. The van der Waals surface area contributed by atoms with Crippen molar-refractivity contribution in [3.05, 3.63) is 29.8 Å². The summed E-state index contributed by atoms with van der Waals surface area (Å²) < 4.78 is 10.6. The van der Waals surface area contributed by atoms with E-state index in [4.69, 9.17) is 9.47 Å². The number of carbonyl (C=O) groups is 2. The average molecular weight is 348 g/mol. The Labute approximate surface area is 149 Å². The highest BCUT2D eigenvalue weighted by atomic mass is 16.5. The molecule has 0 aliphatic carbocycles. The molecule has 1 aromatic rings. The van der Waals surface area contributed by atoms with Gasteiger partial charge in [-0.15, -0.1) is 0 Å². The van der Waals surface area contributed by atoms with Gasteiger partial charge in [0.1, 0.15) is 11.8 Å². The molecule has 2 atom stereocenters. The summed E-state index contributed by atoms with van der Waals surface area (Å²) in [4.78, 5) is 26.2. The second-order valence-electron chi connectivity index (χ2n) is 6.61. The van der Waals surface area contributed by atoms with Gasteiger partial charge < -0.3 is 14.8 Å². The normalized spacial score (nSPS) is 20.5. The number of rotatable bonds is 7. The standard InChI is InChI=1S/C19H28N2O4/c1-5-25-17-9-7-6-8-14(17)11-21-12-15(20-18(22)13(2)3)10-16(21)19(23)24-4/h6-9,13,15-16H,5,10-12H2,1-4H3,(H,20,22)/t15-,16+/m1/s1. The van der Waals surface area contributed by atoms with Crippen molar-refractivity contribution < 1.29 is 19.1 Å². The number of para-hydroxylation sites is 1. The predicted molar refractivity (Wildman–Crippen MR) is 95.2 cm³/mol. The third kappa shape index (κ3) is 4.95. The molecule has 0 unspecified atom stereocenters. The van der Waals surface area contributed by atoms with Gasteiger partial charge in [-0.25, -0.2) is 0 Å². The van der Waals surface area contributed by atoms with Crippen LogP contribution in [0.5, 0.6) is 5.75 Å². The summed E-state index contributed by atoms with van der Waals surface area (Å²) >= 11 is 0. The van der Waals surface area contributed by atoms with Gasteiger partial charge in [0.05, 0.1) is 13.7 Å². The maximum Gasteiger partial charge on any atom is 0.323 e. The molecule has 1 heterocycles. The zero-order valence-electron chi connectivity index (χ0n) is 15.5. The number of esters is 1. The van der Waals surface area contributed by atoms with Gasteiger partial charge in [-0.05, 0) is 19.4 Å². The van der Waals surface area contributed by atoms with Crippen LogP contribution >= 0.6 is 0 Å². The number of nitrogens with zero attached hydrogens (tertiary/aromatic N) is 1. The molecule has 2 rings (SSSR count). The Morgan fingerprint density at radius 2 is 2.04 bits per heavy atom. The number of likely N-dealkylation sites (tertiary alicyclic amines) is 1. The van der Waals surface area contributed by atoms with E-state index in [1.54, 1.807) is 0 Å². The highest BCUT2D eigenvalue weighted by Crippen LogP contribution is 2.26. The van der Waals surface area contributed by atoms with Gasteiger partial charge in [-0.3, -0.25) is 14.5 Å². The number of amides is 1. The lowest BCUT2D eigenvalue weighted by atomic mass is 10.1. The van der Waals surface area contributed by atoms with E-state index in [-0.39, 0.29) is 29.9 Å². The van der Waals surface area contributed by atoms with Crippen molar-refractivity contribution in [3.8, 4) is 5.75 Å². The number of nitrogens with one attached hydrogen (secondary N) is 1. The van der Waals surface area contributed by atoms with Gasteiger partial charge in [-0.1, -0.05) is 32.0 Å². The molecule has 1 N–H and O–H groups in total. The lowest BCUT2D eigenvalue weighted by Crippen LogP contribution is -2.39. The number of ether oxygens (including phenoxy) is 2. The Morgan fingerprint density at radius 3 is 2.68 bits per heavy atom. The number of carbonyl (C=O) groups excluding carboxylic acids is 2. The van der Waals surface area contributed by atoms with E-state index in [0.717, 1.165) is 11.3 Å². The van der Waals surface area contributed by atoms with Crippen LogP contribution in [0.2, 0.25) is 0 Å². The lowest BCUT2D eigenvalue weighted by Gasteiger charge is -2.23. The molecule has 0 saturated carbocycles. The summed E-state index contributed by atoms with van der Waals surface area (Å²) in [5.74, 6) is 0.480. The molecule has 1 fully saturated rings. The number of hydrogen-bond donors (Lipinski definition) is 1. The molecule has 1 aliphatic rings. The Morgan fingerprint density at radius 1 is 1.32 bits per heavy atom. The van der Waals surface area contributed by atoms with Crippen LogP contribution in [-0.2, 0) is 20.9 Å². The fraction of sp³-hybridized carbons (Fsp3) is 0.579. The average Bonchev–Trinajstić information content (AvgIpc) is 2.98. The number of hydrogen-bond acceptors (Lipinski definition) is 5. The Kier molecular flexibility index (Phi) is 6.82. The quantitative estimate of drug-likeness (QED) is 0.763. The van der Waals surface area contributed by atoms with Crippen LogP contribution in [0.25, 0.3) is 0 Å². The van der Waals surface area contributed by atoms with E-state index in [0.29, 0.717) is 26.1 Å². The van der Waals surface area contributed by atoms with Crippen LogP contribution in [-0.4, -0.2) is 49.1 Å². The smallest absolute Gasteiger partial charge is 0.323 e. The molecule has 1 aromatic carbocycles. The molecule has 1 amide bonds. The van der Waals surface area contributed by atoms with Crippen molar-refractivity contribution in [2.24, 2.45) is 5.92 Å². The first-order chi connectivity index (χ1) is 12.0. The number of benzene rings is 1. The maximum atomic E-state index is 12.2. The summed E-state index contributed by atoms with van der Waals surface area (Å²) in [6.07, 6.45) is 0.557. The third-order valence-corrected chi connectivity index (χ3v) is 4.39. The molecule has 0 spiro atoms. The molecular formula is C19H28N2O4. The minimum absolute atomic E-state index is 0.00480.